The van der Waals surface area contributed by atoms with E-state index in [1.165, 1.54) is 13.2 Å². The molecule has 0 spiro atoms. The van der Waals surface area contributed by atoms with E-state index in [1.54, 1.807) is 24.3 Å². The zero-order valence-corrected chi connectivity index (χ0v) is 19.7. The Hall–Kier alpha value is -3.46. The van der Waals surface area contributed by atoms with E-state index in [0.29, 0.717) is 27.8 Å². The van der Waals surface area contributed by atoms with Gasteiger partial charge in [0.15, 0.2) is 11.5 Å². The molecule has 3 rings (SSSR count). The molecular formula is C26H22Cl2N2O3. The van der Waals surface area contributed by atoms with Crippen molar-refractivity contribution >= 4 is 40.9 Å². The van der Waals surface area contributed by atoms with Crippen molar-refractivity contribution < 1.29 is 14.3 Å². The van der Waals surface area contributed by atoms with Crippen molar-refractivity contribution in [1.29, 1.82) is 5.26 Å². The van der Waals surface area contributed by atoms with Crippen molar-refractivity contribution in [1.82, 2.24) is 0 Å². The van der Waals surface area contributed by atoms with Crippen molar-refractivity contribution in [2.45, 2.75) is 20.0 Å². The summed E-state index contributed by atoms with van der Waals surface area (Å²) in [5.74, 6) is 0.207. The zero-order valence-electron chi connectivity index (χ0n) is 18.2. The van der Waals surface area contributed by atoms with E-state index in [0.717, 1.165) is 17.5 Å². The number of ether oxygens (including phenoxy) is 2. The van der Waals surface area contributed by atoms with E-state index in [-0.39, 0.29) is 17.2 Å². The fourth-order valence-corrected chi connectivity index (χ4v) is 3.65. The molecule has 168 valence electrons. The predicted molar refractivity (Wildman–Crippen MR) is 132 cm³/mol. The molecule has 3 aromatic carbocycles. The molecule has 0 aliphatic carbocycles. The molecule has 0 atom stereocenters. The van der Waals surface area contributed by atoms with E-state index in [1.807, 2.05) is 49.4 Å². The fourth-order valence-electron chi connectivity index (χ4n) is 3.18. The summed E-state index contributed by atoms with van der Waals surface area (Å²) in [5.41, 5.74) is 2.91. The minimum Gasteiger partial charge on any atom is -0.493 e. The van der Waals surface area contributed by atoms with Crippen LogP contribution in [0.1, 0.15) is 23.6 Å². The number of methoxy groups -OCH3 is 1. The standard InChI is InChI=1S/C26H22Cl2N2O3/c1-3-18-8-5-7-11-23(18)30-26(31)20(15-29)12-17-13-22(28)25(24(14-17)32-2)33-16-19-9-4-6-10-21(19)27/h4-14H,3,16H2,1-2H3,(H,30,31)/b20-12+. The number of halogens is 2. The van der Waals surface area contributed by atoms with E-state index < -0.39 is 5.91 Å². The van der Waals surface area contributed by atoms with Gasteiger partial charge in [-0.05, 0) is 47.9 Å². The van der Waals surface area contributed by atoms with Crippen LogP contribution < -0.4 is 14.8 Å². The van der Waals surface area contributed by atoms with Crippen LogP contribution in [0.15, 0.2) is 66.2 Å². The summed E-state index contributed by atoms with van der Waals surface area (Å²) in [4.78, 5) is 12.7. The number of para-hydroxylation sites is 1. The lowest BCUT2D eigenvalue weighted by molar-refractivity contribution is -0.112. The summed E-state index contributed by atoms with van der Waals surface area (Å²) in [6.45, 7) is 2.20. The quantitative estimate of drug-likeness (QED) is 0.288. The number of hydrogen-bond donors (Lipinski definition) is 1. The van der Waals surface area contributed by atoms with Gasteiger partial charge >= 0.3 is 0 Å². The highest BCUT2D eigenvalue weighted by Gasteiger charge is 2.15. The normalized spacial score (nSPS) is 10.9. The number of amides is 1. The molecule has 0 fully saturated rings. The first-order valence-electron chi connectivity index (χ1n) is 10.2. The number of nitrogens with zero attached hydrogens (tertiary/aromatic N) is 1. The second kappa shape index (κ2) is 11.4. The number of nitrogens with one attached hydrogen (secondary N) is 1. The Morgan fingerprint density at radius 2 is 1.76 bits per heavy atom. The summed E-state index contributed by atoms with van der Waals surface area (Å²) in [7, 11) is 1.49. The second-order valence-electron chi connectivity index (χ2n) is 7.05. The molecule has 0 aromatic heterocycles. The summed E-state index contributed by atoms with van der Waals surface area (Å²) in [6, 6.07) is 20.0. The van der Waals surface area contributed by atoms with Crippen molar-refractivity contribution in [3.8, 4) is 17.6 Å². The van der Waals surface area contributed by atoms with Gasteiger partial charge in [-0.1, -0.05) is 66.5 Å². The van der Waals surface area contributed by atoms with Crippen LogP contribution in [0.5, 0.6) is 11.5 Å². The molecule has 7 heteroatoms. The van der Waals surface area contributed by atoms with E-state index in [9.17, 15) is 10.1 Å². The minimum atomic E-state index is -0.507. The van der Waals surface area contributed by atoms with Crippen LogP contribution in [-0.4, -0.2) is 13.0 Å². The minimum absolute atomic E-state index is 0.0660. The number of hydrogen-bond acceptors (Lipinski definition) is 4. The van der Waals surface area contributed by atoms with Crippen LogP contribution in [0.3, 0.4) is 0 Å². The lowest BCUT2D eigenvalue weighted by Crippen LogP contribution is -2.14. The lowest BCUT2D eigenvalue weighted by Gasteiger charge is -2.14. The van der Waals surface area contributed by atoms with Crippen molar-refractivity contribution in [3.63, 3.8) is 0 Å². The van der Waals surface area contributed by atoms with Crippen molar-refractivity contribution in [2.75, 3.05) is 12.4 Å². The molecule has 1 N–H and O–H groups in total. The third-order valence-corrected chi connectivity index (χ3v) is 5.55. The van der Waals surface area contributed by atoms with Gasteiger partial charge in [0.05, 0.1) is 12.1 Å². The average molecular weight is 481 g/mol. The SMILES string of the molecule is CCc1ccccc1NC(=O)/C(C#N)=C/c1cc(Cl)c(OCc2ccccc2Cl)c(OC)c1. The van der Waals surface area contributed by atoms with Gasteiger partial charge < -0.3 is 14.8 Å². The molecule has 0 saturated heterocycles. The Morgan fingerprint density at radius 3 is 2.42 bits per heavy atom. The number of anilines is 1. The predicted octanol–water partition coefficient (Wildman–Crippen LogP) is 6.69. The maximum Gasteiger partial charge on any atom is 0.266 e. The third-order valence-electron chi connectivity index (χ3n) is 4.90. The van der Waals surface area contributed by atoms with Crippen LogP contribution in [-0.2, 0) is 17.8 Å². The number of carbonyl (C=O) groups is 1. The molecule has 5 nitrogen and oxygen atoms in total. The highest BCUT2D eigenvalue weighted by Crippen LogP contribution is 2.38. The third kappa shape index (κ3) is 6.07. The number of rotatable bonds is 8. The van der Waals surface area contributed by atoms with Crippen LogP contribution in [0.4, 0.5) is 5.69 Å². The number of aryl methyl sites for hydroxylation is 1. The Morgan fingerprint density at radius 1 is 1.06 bits per heavy atom. The van der Waals surface area contributed by atoms with Crippen LogP contribution in [0, 0.1) is 11.3 Å². The Bertz CT molecular complexity index is 1230. The van der Waals surface area contributed by atoms with Crippen molar-refractivity contribution in [3.05, 3.63) is 93.0 Å². The van der Waals surface area contributed by atoms with Gasteiger partial charge in [-0.3, -0.25) is 4.79 Å². The first-order chi connectivity index (χ1) is 16.0. The van der Waals surface area contributed by atoms with Gasteiger partial charge in [-0.2, -0.15) is 5.26 Å². The molecule has 0 bridgehead atoms. The largest absolute Gasteiger partial charge is 0.493 e. The molecule has 0 saturated carbocycles. The van der Waals surface area contributed by atoms with E-state index in [4.69, 9.17) is 32.7 Å². The van der Waals surface area contributed by atoms with Crippen LogP contribution in [0.25, 0.3) is 6.08 Å². The molecule has 0 heterocycles. The van der Waals surface area contributed by atoms with Gasteiger partial charge in [0, 0.05) is 16.3 Å². The summed E-state index contributed by atoms with van der Waals surface area (Å²) >= 11 is 12.6. The first-order valence-corrected chi connectivity index (χ1v) is 11.0. The monoisotopic (exact) mass is 480 g/mol. The van der Waals surface area contributed by atoms with Gasteiger partial charge in [0.2, 0.25) is 0 Å². The van der Waals surface area contributed by atoms with Crippen LogP contribution in [0.2, 0.25) is 10.0 Å². The summed E-state index contributed by atoms with van der Waals surface area (Å²) in [5, 5.41) is 13.2. The smallest absolute Gasteiger partial charge is 0.266 e. The van der Waals surface area contributed by atoms with E-state index >= 15 is 0 Å². The fraction of sp³-hybridized carbons (Fsp3) is 0.154. The highest BCUT2D eigenvalue weighted by atomic mass is 35.5. The Labute approximate surface area is 203 Å². The number of carbonyl (C=O) groups excluding carboxylic acids is 1. The molecule has 0 radical (unpaired) electrons. The molecule has 0 unspecified atom stereocenters. The first kappa shape index (κ1) is 24.2. The van der Waals surface area contributed by atoms with Gasteiger partial charge in [0.25, 0.3) is 5.91 Å². The second-order valence-corrected chi connectivity index (χ2v) is 7.86. The van der Waals surface area contributed by atoms with Gasteiger partial charge in [-0.15, -0.1) is 0 Å². The molecular weight excluding hydrogens is 459 g/mol. The van der Waals surface area contributed by atoms with Crippen molar-refractivity contribution in [2.24, 2.45) is 0 Å². The number of benzene rings is 3. The molecule has 0 aliphatic heterocycles. The van der Waals surface area contributed by atoms with Crippen LogP contribution >= 0.6 is 23.2 Å². The summed E-state index contributed by atoms with van der Waals surface area (Å²) in [6.07, 6.45) is 2.21. The Balaban J connectivity index is 1.84. The zero-order chi connectivity index (χ0) is 23.8. The maximum absolute atomic E-state index is 12.7. The molecule has 33 heavy (non-hydrogen) atoms. The highest BCUT2D eigenvalue weighted by molar-refractivity contribution is 6.32. The Kier molecular flexibility index (Phi) is 8.37. The topological polar surface area (TPSA) is 71.4 Å². The molecule has 0 aliphatic rings. The lowest BCUT2D eigenvalue weighted by atomic mass is 10.1. The molecule has 3 aromatic rings. The summed E-state index contributed by atoms with van der Waals surface area (Å²) < 4.78 is 11.3. The number of nitriles is 1. The van der Waals surface area contributed by atoms with E-state index in [2.05, 4.69) is 5.32 Å². The van der Waals surface area contributed by atoms with Gasteiger partial charge in [0.1, 0.15) is 18.2 Å². The maximum atomic E-state index is 12.7. The molecule has 1 amide bonds. The van der Waals surface area contributed by atoms with Gasteiger partial charge in [-0.25, -0.2) is 0 Å². The average Bonchev–Trinajstić information content (AvgIpc) is 2.82.